The maximum atomic E-state index is 11.2. The van der Waals surface area contributed by atoms with Gasteiger partial charge in [-0.15, -0.1) is 0 Å². The number of nitrogens with zero attached hydrogens (tertiary/aromatic N) is 1. The fourth-order valence-electron chi connectivity index (χ4n) is 1.90. The Labute approximate surface area is 98.6 Å². The van der Waals surface area contributed by atoms with Gasteiger partial charge in [0.15, 0.2) is 0 Å². The van der Waals surface area contributed by atoms with Gasteiger partial charge in [0.05, 0.1) is 11.4 Å². The van der Waals surface area contributed by atoms with Crippen LogP contribution in [0, 0.1) is 0 Å². The Kier molecular flexibility index (Phi) is 3.79. The molecule has 0 amide bonds. The summed E-state index contributed by atoms with van der Waals surface area (Å²) in [6.45, 7) is 4.00. The third kappa shape index (κ3) is 2.74. The zero-order valence-corrected chi connectivity index (χ0v) is 10.2. The van der Waals surface area contributed by atoms with E-state index in [2.05, 4.69) is 21.0 Å². The SMILES string of the molecule is CS(=O)Nc1ccccc1N1CCNCC1. The molecule has 0 aromatic heterocycles. The lowest BCUT2D eigenvalue weighted by atomic mass is 10.2. The molecule has 88 valence electrons. The fourth-order valence-corrected chi connectivity index (χ4v) is 2.38. The van der Waals surface area contributed by atoms with Crippen LogP contribution >= 0.6 is 0 Å². The summed E-state index contributed by atoms with van der Waals surface area (Å²) in [5, 5.41) is 3.32. The summed E-state index contributed by atoms with van der Waals surface area (Å²) in [5.74, 6) is 0. The van der Waals surface area contributed by atoms with E-state index in [1.54, 1.807) is 6.26 Å². The standard InChI is InChI=1S/C11H17N3OS/c1-16(15)13-10-4-2-3-5-11(10)14-8-6-12-7-9-14/h2-5,12-13H,6-9H2,1H3. The van der Waals surface area contributed by atoms with Gasteiger partial charge in [-0.2, -0.15) is 0 Å². The molecule has 1 aliphatic rings. The lowest BCUT2D eigenvalue weighted by molar-refractivity contribution is 0.589. The first kappa shape index (κ1) is 11.4. The molecular formula is C11H17N3OS. The second kappa shape index (κ2) is 5.32. The van der Waals surface area contributed by atoms with Crippen LogP contribution in [0.25, 0.3) is 0 Å². The van der Waals surface area contributed by atoms with Crippen molar-refractivity contribution in [3.63, 3.8) is 0 Å². The number of hydrogen-bond acceptors (Lipinski definition) is 3. The largest absolute Gasteiger partial charge is 0.367 e. The number of rotatable bonds is 3. The van der Waals surface area contributed by atoms with Gasteiger partial charge in [-0.25, -0.2) is 4.21 Å². The van der Waals surface area contributed by atoms with E-state index in [0.29, 0.717) is 0 Å². The highest BCUT2D eigenvalue weighted by molar-refractivity contribution is 7.85. The molecule has 0 saturated carbocycles. The molecule has 1 saturated heterocycles. The number of piperazine rings is 1. The van der Waals surface area contributed by atoms with Crippen molar-refractivity contribution >= 4 is 22.4 Å². The highest BCUT2D eigenvalue weighted by Gasteiger charge is 2.13. The third-order valence-electron chi connectivity index (χ3n) is 2.62. The van der Waals surface area contributed by atoms with Crippen molar-refractivity contribution in [3.05, 3.63) is 24.3 Å². The normalized spacial score (nSPS) is 18.2. The molecule has 0 aliphatic carbocycles. The number of anilines is 2. The Hall–Kier alpha value is -1.07. The molecular weight excluding hydrogens is 222 g/mol. The molecule has 0 radical (unpaired) electrons. The summed E-state index contributed by atoms with van der Waals surface area (Å²) >= 11 is 0. The van der Waals surface area contributed by atoms with Crippen molar-refractivity contribution in [3.8, 4) is 0 Å². The van der Waals surface area contributed by atoms with E-state index in [0.717, 1.165) is 37.6 Å². The van der Waals surface area contributed by atoms with Gasteiger partial charge in [0.2, 0.25) is 0 Å². The lowest BCUT2D eigenvalue weighted by Gasteiger charge is -2.31. The highest BCUT2D eigenvalue weighted by Crippen LogP contribution is 2.25. The molecule has 1 fully saturated rings. The molecule has 0 bridgehead atoms. The first-order valence-corrected chi connectivity index (χ1v) is 6.98. The average molecular weight is 239 g/mol. The monoisotopic (exact) mass is 239 g/mol. The van der Waals surface area contributed by atoms with Crippen LogP contribution in [0.15, 0.2) is 24.3 Å². The summed E-state index contributed by atoms with van der Waals surface area (Å²) in [5.41, 5.74) is 2.09. The Balaban J connectivity index is 2.20. The van der Waals surface area contributed by atoms with E-state index in [1.807, 2.05) is 18.2 Å². The van der Waals surface area contributed by atoms with Crippen LogP contribution in [0.3, 0.4) is 0 Å². The third-order valence-corrected chi connectivity index (χ3v) is 3.12. The summed E-state index contributed by atoms with van der Waals surface area (Å²) in [6.07, 6.45) is 1.65. The molecule has 1 aliphatic heterocycles. The van der Waals surface area contributed by atoms with Gasteiger partial charge in [-0.05, 0) is 12.1 Å². The van der Waals surface area contributed by atoms with Crippen molar-refractivity contribution in [2.45, 2.75) is 0 Å². The van der Waals surface area contributed by atoms with Gasteiger partial charge in [0.25, 0.3) is 0 Å². The van der Waals surface area contributed by atoms with Gasteiger partial charge in [-0.1, -0.05) is 12.1 Å². The quantitative estimate of drug-likeness (QED) is 0.820. The highest BCUT2D eigenvalue weighted by atomic mass is 32.2. The first-order chi connectivity index (χ1) is 7.77. The van der Waals surface area contributed by atoms with Crippen molar-refractivity contribution < 1.29 is 4.21 Å². The van der Waals surface area contributed by atoms with Gasteiger partial charge in [-0.3, -0.25) is 0 Å². The molecule has 1 aromatic carbocycles. The van der Waals surface area contributed by atoms with Crippen molar-refractivity contribution in [2.75, 3.05) is 42.1 Å². The van der Waals surface area contributed by atoms with Gasteiger partial charge < -0.3 is 14.9 Å². The van der Waals surface area contributed by atoms with Crippen LogP contribution in [0.5, 0.6) is 0 Å². The first-order valence-electron chi connectivity index (χ1n) is 5.42. The molecule has 1 heterocycles. The zero-order chi connectivity index (χ0) is 11.4. The maximum Gasteiger partial charge on any atom is 0.114 e. The van der Waals surface area contributed by atoms with E-state index in [4.69, 9.17) is 0 Å². The average Bonchev–Trinajstić information content (AvgIpc) is 2.30. The van der Waals surface area contributed by atoms with Crippen LogP contribution in [-0.2, 0) is 11.0 Å². The minimum Gasteiger partial charge on any atom is -0.367 e. The number of benzene rings is 1. The maximum absolute atomic E-state index is 11.2. The summed E-state index contributed by atoms with van der Waals surface area (Å²) in [6, 6.07) is 8.02. The van der Waals surface area contributed by atoms with Crippen molar-refractivity contribution in [1.82, 2.24) is 5.32 Å². The Morgan fingerprint density at radius 3 is 2.69 bits per heavy atom. The topological polar surface area (TPSA) is 44.4 Å². The van der Waals surface area contributed by atoms with Gasteiger partial charge in [0.1, 0.15) is 11.0 Å². The van der Waals surface area contributed by atoms with E-state index >= 15 is 0 Å². The Bertz CT molecular complexity index is 377. The Morgan fingerprint density at radius 1 is 1.31 bits per heavy atom. The van der Waals surface area contributed by atoms with E-state index < -0.39 is 11.0 Å². The summed E-state index contributed by atoms with van der Waals surface area (Å²) in [4.78, 5) is 2.31. The molecule has 1 unspecified atom stereocenters. The smallest absolute Gasteiger partial charge is 0.114 e. The second-order valence-electron chi connectivity index (χ2n) is 3.81. The van der Waals surface area contributed by atoms with E-state index in [-0.39, 0.29) is 0 Å². The lowest BCUT2D eigenvalue weighted by Crippen LogP contribution is -2.43. The van der Waals surface area contributed by atoms with Gasteiger partial charge >= 0.3 is 0 Å². The molecule has 2 N–H and O–H groups in total. The predicted octanol–water partition coefficient (Wildman–Crippen LogP) is 0.802. The van der Waals surface area contributed by atoms with Crippen molar-refractivity contribution in [1.29, 1.82) is 0 Å². The van der Waals surface area contributed by atoms with Gasteiger partial charge in [0, 0.05) is 32.4 Å². The van der Waals surface area contributed by atoms with Crippen LogP contribution in [0.4, 0.5) is 11.4 Å². The molecule has 2 rings (SSSR count). The van der Waals surface area contributed by atoms with Crippen LogP contribution in [-0.4, -0.2) is 36.6 Å². The molecule has 5 heteroatoms. The number of para-hydroxylation sites is 2. The molecule has 1 aromatic rings. The number of hydrogen-bond donors (Lipinski definition) is 2. The van der Waals surface area contributed by atoms with Crippen LogP contribution in [0.1, 0.15) is 0 Å². The zero-order valence-electron chi connectivity index (χ0n) is 9.40. The van der Waals surface area contributed by atoms with E-state index in [1.165, 1.54) is 0 Å². The minimum atomic E-state index is -1.02. The minimum absolute atomic E-state index is 0.949. The summed E-state index contributed by atoms with van der Waals surface area (Å²) < 4.78 is 14.2. The number of nitrogens with one attached hydrogen (secondary N) is 2. The summed E-state index contributed by atoms with van der Waals surface area (Å²) in [7, 11) is -1.02. The van der Waals surface area contributed by atoms with E-state index in [9.17, 15) is 4.21 Å². The van der Waals surface area contributed by atoms with Crippen LogP contribution < -0.4 is 14.9 Å². The molecule has 1 atom stereocenters. The second-order valence-corrected chi connectivity index (χ2v) is 4.92. The molecule has 0 spiro atoms. The molecule has 4 nitrogen and oxygen atoms in total. The predicted molar refractivity (Wildman–Crippen MR) is 69.2 cm³/mol. The fraction of sp³-hybridized carbons (Fsp3) is 0.455. The molecule has 16 heavy (non-hydrogen) atoms. The Morgan fingerprint density at radius 2 is 2.00 bits per heavy atom. The van der Waals surface area contributed by atoms with Crippen LogP contribution in [0.2, 0.25) is 0 Å². The van der Waals surface area contributed by atoms with Crippen molar-refractivity contribution in [2.24, 2.45) is 0 Å².